The third-order valence-corrected chi connectivity index (χ3v) is 6.90. The maximum Gasteiger partial charge on any atom is 0.270 e. The Morgan fingerprint density at radius 2 is 1.90 bits per heavy atom. The SMILES string of the molecule is CCC(COS(=O)(=O)C1CC(C)[C@@H](C)[C@H]1CC)[C@H](C)O. The van der Waals surface area contributed by atoms with E-state index in [2.05, 4.69) is 13.8 Å². The lowest BCUT2D eigenvalue weighted by atomic mass is 9.91. The van der Waals surface area contributed by atoms with Gasteiger partial charge < -0.3 is 5.11 Å². The van der Waals surface area contributed by atoms with Crippen LogP contribution >= 0.6 is 0 Å². The molecule has 5 heteroatoms. The van der Waals surface area contributed by atoms with Gasteiger partial charge in [0.2, 0.25) is 0 Å². The van der Waals surface area contributed by atoms with E-state index in [9.17, 15) is 13.5 Å². The second kappa shape index (κ2) is 7.23. The molecule has 0 bridgehead atoms. The van der Waals surface area contributed by atoms with Crippen molar-refractivity contribution in [1.82, 2.24) is 0 Å². The van der Waals surface area contributed by atoms with Crippen LogP contribution in [0.15, 0.2) is 0 Å². The van der Waals surface area contributed by atoms with Crippen LogP contribution in [0.2, 0.25) is 0 Å². The molecule has 1 saturated carbocycles. The quantitative estimate of drug-likeness (QED) is 0.735. The molecule has 1 N–H and O–H groups in total. The van der Waals surface area contributed by atoms with Crippen LogP contribution in [-0.4, -0.2) is 31.5 Å². The van der Waals surface area contributed by atoms with Gasteiger partial charge in [-0.2, -0.15) is 8.42 Å². The van der Waals surface area contributed by atoms with Crippen molar-refractivity contribution in [2.45, 2.75) is 65.2 Å². The summed E-state index contributed by atoms with van der Waals surface area (Å²) in [6.07, 6.45) is 1.72. The van der Waals surface area contributed by atoms with Crippen LogP contribution < -0.4 is 0 Å². The lowest BCUT2D eigenvalue weighted by Crippen LogP contribution is -2.31. The molecule has 0 radical (unpaired) electrons. The van der Waals surface area contributed by atoms with Crippen LogP contribution in [0.1, 0.15) is 53.9 Å². The van der Waals surface area contributed by atoms with E-state index in [0.717, 1.165) is 6.42 Å². The van der Waals surface area contributed by atoms with Gasteiger partial charge in [0, 0.05) is 5.92 Å². The molecule has 0 aromatic heterocycles. The molecule has 0 aromatic rings. The first-order valence-electron chi connectivity index (χ1n) is 7.80. The molecule has 120 valence electrons. The van der Waals surface area contributed by atoms with Gasteiger partial charge in [-0.05, 0) is 37.5 Å². The number of aliphatic hydroxyl groups is 1. The zero-order valence-corrected chi connectivity index (χ0v) is 14.2. The van der Waals surface area contributed by atoms with E-state index >= 15 is 0 Å². The average Bonchev–Trinajstić information content (AvgIpc) is 2.66. The van der Waals surface area contributed by atoms with Crippen molar-refractivity contribution < 1.29 is 17.7 Å². The van der Waals surface area contributed by atoms with Crippen molar-refractivity contribution in [3.05, 3.63) is 0 Å². The highest BCUT2D eigenvalue weighted by Gasteiger charge is 2.45. The Hall–Kier alpha value is -0.130. The van der Waals surface area contributed by atoms with E-state index in [-0.39, 0.29) is 23.7 Å². The Morgan fingerprint density at radius 1 is 1.30 bits per heavy atom. The van der Waals surface area contributed by atoms with Crippen LogP contribution in [0, 0.1) is 23.7 Å². The van der Waals surface area contributed by atoms with Crippen molar-refractivity contribution in [2.75, 3.05) is 6.61 Å². The van der Waals surface area contributed by atoms with Crippen LogP contribution in [-0.2, 0) is 14.3 Å². The lowest BCUT2D eigenvalue weighted by Gasteiger charge is -2.23. The first kappa shape index (κ1) is 17.9. The van der Waals surface area contributed by atoms with Gasteiger partial charge in [-0.3, -0.25) is 4.18 Å². The van der Waals surface area contributed by atoms with Gasteiger partial charge in [0.1, 0.15) is 0 Å². The highest BCUT2D eigenvalue weighted by molar-refractivity contribution is 7.87. The molecule has 1 aliphatic rings. The molecule has 4 nitrogen and oxygen atoms in total. The van der Waals surface area contributed by atoms with Gasteiger partial charge in [-0.1, -0.05) is 34.1 Å². The Morgan fingerprint density at radius 3 is 2.35 bits per heavy atom. The minimum Gasteiger partial charge on any atom is -0.393 e. The van der Waals surface area contributed by atoms with Crippen LogP contribution in [0.4, 0.5) is 0 Å². The summed E-state index contributed by atoms with van der Waals surface area (Å²) < 4.78 is 30.1. The van der Waals surface area contributed by atoms with E-state index < -0.39 is 16.2 Å². The molecular weight excluding hydrogens is 276 g/mol. The Labute approximate surface area is 124 Å². The van der Waals surface area contributed by atoms with E-state index in [4.69, 9.17) is 4.18 Å². The van der Waals surface area contributed by atoms with Gasteiger partial charge in [-0.25, -0.2) is 0 Å². The van der Waals surface area contributed by atoms with Crippen molar-refractivity contribution >= 4 is 10.1 Å². The second-order valence-corrected chi connectivity index (χ2v) is 8.20. The topological polar surface area (TPSA) is 63.6 Å². The highest BCUT2D eigenvalue weighted by atomic mass is 32.2. The van der Waals surface area contributed by atoms with E-state index in [1.165, 1.54) is 0 Å². The summed E-state index contributed by atoms with van der Waals surface area (Å²) in [5, 5.41) is 9.20. The first-order chi connectivity index (χ1) is 9.24. The number of rotatable bonds is 7. The van der Waals surface area contributed by atoms with Gasteiger partial charge >= 0.3 is 0 Å². The average molecular weight is 306 g/mol. The zero-order valence-electron chi connectivity index (χ0n) is 13.4. The Kier molecular flexibility index (Phi) is 6.48. The molecule has 0 amide bonds. The maximum atomic E-state index is 12.4. The molecular formula is C15H30O4S. The molecule has 1 aliphatic carbocycles. The smallest absolute Gasteiger partial charge is 0.270 e. The Balaban J connectivity index is 2.74. The normalized spacial score (nSPS) is 34.1. The fraction of sp³-hybridized carbons (Fsp3) is 1.00. The zero-order chi connectivity index (χ0) is 15.5. The van der Waals surface area contributed by atoms with E-state index in [1.54, 1.807) is 6.92 Å². The van der Waals surface area contributed by atoms with Crippen LogP contribution in [0.5, 0.6) is 0 Å². The second-order valence-electron chi connectivity index (χ2n) is 6.37. The molecule has 0 aromatic carbocycles. The number of aliphatic hydroxyl groups excluding tert-OH is 1. The summed E-state index contributed by atoms with van der Waals surface area (Å²) in [4.78, 5) is 0. The van der Waals surface area contributed by atoms with Gasteiger partial charge in [0.05, 0.1) is 18.0 Å². The molecule has 0 heterocycles. The lowest BCUT2D eigenvalue weighted by molar-refractivity contribution is 0.0879. The molecule has 0 saturated heterocycles. The van der Waals surface area contributed by atoms with Crippen molar-refractivity contribution in [3.63, 3.8) is 0 Å². The molecule has 1 rings (SSSR count). The summed E-state index contributed by atoms with van der Waals surface area (Å²) in [6, 6.07) is 0. The third kappa shape index (κ3) is 3.95. The molecule has 3 unspecified atom stereocenters. The Bertz CT molecular complexity index is 391. The minimum absolute atomic E-state index is 0.0895. The van der Waals surface area contributed by atoms with E-state index in [1.807, 2.05) is 13.8 Å². The maximum absolute atomic E-state index is 12.4. The fourth-order valence-electron chi connectivity index (χ4n) is 3.35. The molecule has 0 aliphatic heterocycles. The van der Waals surface area contributed by atoms with E-state index in [0.29, 0.717) is 24.7 Å². The summed E-state index contributed by atoms with van der Waals surface area (Å²) >= 11 is 0. The number of hydrogen-bond acceptors (Lipinski definition) is 4. The number of hydrogen-bond donors (Lipinski definition) is 1. The first-order valence-corrected chi connectivity index (χ1v) is 9.27. The van der Waals surface area contributed by atoms with Gasteiger partial charge in [0.15, 0.2) is 0 Å². The molecule has 0 spiro atoms. The van der Waals surface area contributed by atoms with Crippen molar-refractivity contribution in [2.24, 2.45) is 23.7 Å². The summed E-state index contributed by atoms with van der Waals surface area (Å²) in [6.45, 7) is 10.0. The third-order valence-electron chi connectivity index (χ3n) is 5.15. The predicted molar refractivity (Wildman–Crippen MR) is 80.8 cm³/mol. The largest absolute Gasteiger partial charge is 0.393 e. The van der Waals surface area contributed by atoms with Crippen LogP contribution in [0.25, 0.3) is 0 Å². The summed E-state index contributed by atoms with van der Waals surface area (Å²) in [5.41, 5.74) is 0. The van der Waals surface area contributed by atoms with Crippen molar-refractivity contribution in [3.8, 4) is 0 Å². The highest BCUT2D eigenvalue weighted by Crippen LogP contribution is 2.42. The molecule has 20 heavy (non-hydrogen) atoms. The monoisotopic (exact) mass is 306 g/mol. The minimum atomic E-state index is -3.54. The predicted octanol–water partition coefficient (Wildman–Crippen LogP) is 2.81. The standard InChI is InChI=1S/C15H30O4S/c1-6-13(12(5)16)9-19-20(17,18)15-8-10(3)11(4)14(15)7-2/h10-16H,6-9H2,1-5H3/t10?,11-,12+,13?,14-,15?/m1/s1. The summed E-state index contributed by atoms with van der Waals surface area (Å²) in [7, 11) is -3.54. The van der Waals surface area contributed by atoms with Gasteiger partial charge in [0.25, 0.3) is 10.1 Å². The molecule has 6 atom stereocenters. The van der Waals surface area contributed by atoms with Gasteiger partial charge in [-0.15, -0.1) is 0 Å². The molecule has 1 fully saturated rings. The fourth-order valence-corrected chi connectivity index (χ4v) is 5.30. The van der Waals surface area contributed by atoms with Crippen LogP contribution in [0.3, 0.4) is 0 Å². The summed E-state index contributed by atoms with van der Waals surface area (Å²) in [5.74, 6) is 0.895. The van der Waals surface area contributed by atoms with Crippen molar-refractivity contribution in [1.29, 1.82) is 0 Å².